The number of methoxy groups -OCH3 is 1. The maximum Gasteiger partial charge on any atom is 0.126 e. The molecule has 0 saturated heterocycles. The summed E-state index contributed by atoms with van der Waals surface area (Å²) in [5, 5.41) is 0.892. The summed E-state index contributed by atoms with van der Waals surface area (Å²) >= 11 is 1.62. The first-order chi connectivity index (χ1) is 13.6. The van der Waals surface area contributed by atoms with Crippen LogP contribution in [0.15, 0.2) is 101 Å². The number of benzene rings is 3. The van der Waals surface area contributed by atoms with E-state index in [1.807, 2.05) is 61.5 Å². The first-order valence-corrected chi connectivity index (χ1v) is 9.82. The number of ether oxygens (including phenoxy) is 2. The molecule has 3 aromatic rings. The lowest BCUT2D eigenvalue weighted by atomic mass is 10.2. The molecule has 0 N–H and O–H groups in total. The van der Waals surface area contributed by atoms with Crippen LogP contribution in [0.2, 0.25) is 0 Å². The molecule has 0 aliphatic carbocycles. The van der Waals surface area contributed by atoms with Crippen molar-refractivity contribution in [1.29, 1.82) is 0 Å². The second-order valence-electron chi connectivity index (χ2n) is 6.26. The van der Waals surface area contributed by atoms with Crippen LogP contribution in [0.5, 0.6) is 11.5 Å². The normalized spacial score (nSPS) is 12.0. The molecule has 0 unspecified atom stereocenters. The van der Waals surface area contributed by atoms with Crippen LogP contribution in [-0.2, 0) is 0 Å². The smallest absolute Gasteiger partial charge is 0.126 e. The van der Waals surface area contributed by atoms with Crippen LogP contribution in [-0.4, -0.2) is 12.2 Å². The molecule has 0 heterocycles. The molecule has 0 fully saturated rings. The summed E-state index contributed by atoms with van der Waals surface area (Å²) in [6.07, 6.45) is 1.74. The third-order valence-corrected chi connectivity index (χ3v) is 5.11. The molecule has 0 atom stereocenters. The van der Waals surface area contributed by atoms with E-state index in [9.17, 15) is 0 Å². The average Bonchev–Trinajstić information content (AvgIpc) is 2.74. The molecule has 0 amide bonds. The number of hydrogen-bond acceptors (Lipinski definition) is 4. The summed E-state index contributed by atoms with van der Waals surface area (Å²) in [5.41, 5.74) is 3.08. The van der Waals surface area contributed by atoms with Gasteiger partial charge in [-0.1, -0.05) is 47.7 Å². The highest BCUT2D eigenvalue weighted by atomic mass is 32.2. The maximum absolute atomic E-state index is 5.83. The average molecular weight is 390 g/mol. The number of thioether (sulfide) groups is 1. The largest absolute Gasteiger partial charge is 0.497 e. The van der Waals surface area contributed by atoms with Crippen molar-refractivity contribution in [3.63, 3.8) is 0 Å². The van der Waals surface area contributed by atoms with Crippen LogP contribution in [0.3, 0.4) is 0 Å². The minimum Gasteiger partial charge on any atom is -0.497 e. The lowest BCUT2D eigenvalue weighted by molar-refractivity contribution is 0.412. The quantitative estimate of drug-likeness (QED) is 0.201. The Labute approximate surface area is 170 Å². The van der Waals surface area contributed by atoms with E-state index in [0.29, 0.717) is 0 Å². The molecule has 0 spiro atoms. The van der Waals surface area contributed by atoms with Gasteiger partial charge < -0.3 is 9.47 Å². The fourth-order valence-corrected chi connectivity index (χ4v) is 3.27. The standard InChI is InChI=1S/C24H23NO2S/c1-18-9-11-20(12-10-18)25-24(28-23-7-5-4-6-8-23)19(2)17-27-22-15-13-21(26-3)14-16-22/h4-17H,1-3H3. The van der Waals surface area contributed by atoms with E-state index < -0.39 is 0 Å². The van der Waals surface area contributed by atoms with E-state index in [0.717, 1.165) is 32.7 Å². The zero-order valence-electron chi connectivity index (χ0n) is 16.3. The van der Waals surface area contributed by atoms with Gasteiger partial charge in [-0.15, -0.1) is 0 Å². The van der Waals surface area contributed by atoms with E-state index in [1.54, 1.807) is 25.1 Å². The molecule has 0 aliphatic rings. The number of aliphatic imine (C=N–C) groups is 1. The molecular formula is C24H23NO2S. The molecule has 3 nitrogen and oxygen atoms in total. The molecule has 0 radical (unpaired) electrons. The van der Waals surface area contributed by atoms with Crippen LogP contribution in [0.4, 0.5) is 5.69 Å². The van der Waals surface area contributed by atoms with Gasteiger partial charge in [-0.25, -0.2) is 4.99 Å². The van der Waals surface area contributed by atoms with Crippen molar-refractivity contribution < 1.29 is 9.47 Å². The van der Waals surface area contributed by atoms with E-state index >= 15 is 0 Å². The van der Waals surface area contributed by atoms with E-state index in [4.69, 9.17) is 14.5 Å². The van der Waals surface area contributed by atoms with Crippen LogP contribution in [0.1, 0.15) is 12.5 Å². The zero-order valence-corrected chi connectivity index (χ0v) is 17.1. The Morgan fingerprint density at radius 1 is 0.857 bits per heavy atom. The van der Waals surface area contributed by atoms with Crippen molar-refractivity contribution in [1.82, 2.24) is 0 Å². The first-order valence-electron chi connectivity index (χ1n) is 9.00. The summed E-state index contributed by atoms with van der Waals surface area (Å²) in [7, 11) is 1.65. The van der Waals surface area contributed by atoms with Gasteiger partial charge in [0.05, 0.1) is 19.1 Å². The Morgan fingerprint density at radius 2 is 1.50 bits per heavy atom. The molecule has 0 saturated carbocycles. The summed E-state index contributed by atoms with van der Waals surface area (Å²) < 4.78 is 11.0. The Morgan fingerprint density at radius 3 is 2.14 bits per heavy atom. The zero-order chi connectivity index (χ0) is 19.8. The third kappa shape index (κ3) is 5.76. The van der Waals surface area contributed by atoms with E-state index in [1.165, 1.54) is 5.56 Å². The molecule has 4 heteroatoms. The van der Waals surface area contributed by atoms with Crippen molar-refractivity contribution in [2.45, 2.75) is 18.7 Å². The summed E-state index contributed by atoms with van der Waals surface area (Å²) in [6.45, 7) is 4.08. The van der Waals surface area contributed by atoms with E-state index in [2.05, 4.69) is 31.2 Å². The van der Waals surface area contributed by atoms with Crippen molar-refractivity contribution in [3.05, 3.63) is 96.3 Å². The van der Waals surface area contributed by atoms with Gasteiger partial charge in [0.15, 0.2) is 0 Å². The Kier molecular flexibility index (Phi) is 6.93. The molecule has 0 aliphatic heterocycles. The topological polar surface area (TPSA) is 30.8 Å². The van der Waals surface area contributed by atoms with Crippen LogP contribution < -0.4 is 9.47 Å². The Hall–Kier alpha value is -2.98. The fraction of sp³-hybridized carbons (Fsp3) is 0.125. The Balaban J connectivity index is 1.84. The van der Waals surface area contributed by atoms with Gasteiger partial charge >= 0.3 is 0 Å². The Bertz CT molecular complexity index is 946. The molecular weight excluding hydrogens is 366 g/mol. The summed E-state index contributed by atoms with van der Waals surface area (Å²) in [6, 6.07) is 25.9. The van der Waals surface area contributed by atoms with Crippen molar-refractivity contribution in [2.24, 2.45) is 4.99 Å². The molecule has 0 bridgehead atoms. The van der Waals surface area contributed by atoms with Crippen molar-refractivity contribution in [2.75, 3.05) is 7.11 Å². The van der Waals surface area contributed by atoms with Crippen molar-refractivity contribution >= 4 is 22.5 Å². The first kappa shape index (κ1) is 19.8. The molecule has 142 valence electrons. The molecule has 28 heavy (non-hydrogen) atoms. The summed E-state index contributed by atoms with van der Waals surface area (Å²) in [4.78, 5) is 5.98. The molecule has 3 rings (SSSR count). The lowest BCUT2D eigenvalue weighted by Crippen LogP contribution is -1.97. The van der Waals surface area contributed by atoms with Gasteiger partial charge in [0.1, 0.15) is 16.5 Å². The summed E-state index contributed by atoms with van der Waals surface area (Å²) in [5.74, 6) is 1.55. The second-order valence-corrected chi connectivity index (χ2v) is 7.32. The minimum atomic E-state index is 0.750. The van der Waals surface area contributed by atoms with Gasteiger partial charge in [-0.05, 0) is 62.4 Å². The highest BCUT2D eigenvalue weighted by molar-refractivity contribution is 8.14. The monoisotopic (exact) mass is 389 g/mol. The van der Waals surface area contributed by atoms with E-state index in [-0.39, 0.29) is 0 Å². The lowest BCUT2D eigenvalue weighted by Gasteiger charge is -2.09. The van der Waals surface area contributed by atoms with Crippen LogP contribution in [0, 0.1) is 6.92 Å². The van der Waals surface area contributed by atoms with Gasteiger partial charge in [0.25, 0.3) is 0 Å². The number of aryl methyl sites for hydroxylation is 1. The minimum absolute atomic E-state index is 0.750. The highest BCUT2D eigenvalue weighted by Crippen LogP contribution is 2.27. The SMILES string of the molecule is COc1ccc(OC=C(C)C(=Nc2ccc(C)cc2)Sc2ccccc2)cc1. The maximum atomic E-state index is 5.83. The van der Waals surface area contributed by atoms with Gasteiger partial charge in [0, 0.05) is 10.5 Å². The van der Waals surface area contributed by atoms with Crippen molar-refractivity contribution in [3.8, 4) is 11.5 Å². The molecule has 3 aromatic carbocycles. The van der Waals surface area contributed by atoms with Crippen LogP contribution in [0.25, 0.3) is 0 Å². The predicted molar refractivity (Wildman–Crippen MR) is 118 cm³/mol. The number of nitrogens with zero attached hydrogens (tertiary/aromatic N) is 1. The fourth-order valence-electron chi connectivity index (χ4n) is 2.39. The third-order valence-electron chi connectivity index (χ3n) is 3.99. The highest BCUT2D eigenvalue weighted by Gasteiger charge is 2.07. The number of hydrogen-bond donors (Lipinski definition) is 0. The predicted octanol–water partition coefficient (Wildman–Crippen LogP) is 6.81. The molecule has 0 aromatic heterocycles. The van der Waals surface area contributed by atoms with Crippen LogP contribution >= 0.6 is 11.8 Å². The number of rotatable bonds is 6. The van der Waals surface area contributed by atoms with Gasteiger partial charge in [0.2, 0.25) is 0 Å². The second kappa shape index (κ2) is 9.81. The van der Waals surface area contributed by atoms with Gasteiger partial charge in [-0.2, -0.15) is 0 Å². The van der Waals surface area contributed by atoms with Gasteiger partial charge in [-0.3, -0.25) is 0 Å².